The van der Waals surface area contributed by atoms with E-state index in [9.17, 15) is 4.79 Å². The fourth-order valence-corrected chi connectivity index (χ4v) is 3.60. The summed E-state index contributed by atoms with van der Waals surface area (Å²) in [6, 6.07) is 0. The second kappa shape index (κ2) is 21.0. The largest absolute Gasteiger partial charge is 0.493 e. The van der Waals surface area contributed by atoms with Crippen LogP contribution in [0.15, 0.2) is 24.5 Å². The van der Waals surface area contributed by atoms with Gasteiger partial charge >= 0.3 is 5.97 Å². The topological polar surface area (TPSA) is 66.8 Å². The molecule has 0 aromatic rings. The van der Waals surface area contributed by atoms with E-state index < -0.39 is 5.97 Å². The first kappa shape index (κ1) is 28.7. The minimum atomic E-state index is -0.689. The number of aliphatic carboxylic acids is 1. The third-order valence-electron chi connectivity index (χ3n) is 5.63. The van der Waals surface area contributed by atoms with Gasteiger partial charge in [0, 0.05) is 12.8 Å². The first-order chi connectivity index (χ1) is 14.5. The Morgan fingerprint density at radius 2 is 1.60 bits per heavy atom. The van der Waals surface area contributed by atoms with E-state index in [0.29, 0.717) is 5.92 Å². The van der Waals surface area contributed by atoms with Crippen LogP contribution in [0.1, 0.15) is 117 Å². The minimum absolute atomic E-state index is 0.0498. The molecule has 4 heteroatoms. The Morgan fingerprint density at radius 3 is 2.27 bits per heavy atom. The Morgan fingerprint density at radius 1 is 0.933 bits per heavy atom. The predicted molar refractivity (Wildman–Crippen MR) is 127 cm³/mol. The van der Waals surface area contributed by atoms with Crippen molar-refractivity contribution in [2.45, 2.75) is 123 Å². The van der Waals surface area contributed by atoms with Crippen molar-refractivity contribution in [2.75, 3.05) is 6.61 Å². The van der Waals surface area contributed by atoms with Crippen LogP contribution in [0.4, 0.5) is 0 Å². The molecule has 30 heavy (non-hydrogen) atoms. The Bertz CT molecular complexity index is 440. The van der Waals surface area contributed by atoms with Gasteiger partial charge in [0.1, 0.15) is 6.10 Å². The van der Waals surface area contributed by atoms with Gasteiger partial charge in [0.2, 0.25) is 0 Å². The van der Waals surface area contributed by atoms with Gasteiger partial charge in [-0.3, -0.25) is 4.79 Å². The molecule has 0 amide bonds. The number of carbonyl (C=O) groups is 1. The van der Waals surface area contributed by atoms with Crippen LogP contribution in [0.25, 0.3) is 0 Å². The molecule has 0 saturated carbocycles. The lowest BCUT2D eigenvalue weighted by atomic mass is 9.94. The molecule has 2 N–H and O–H groups in total. The third-order valence-corrected chi connectivity index (χ3v) is 5.63. The predicted octanol–water partition coefficient (Wildman–Crippen LogP) is 7.42. The first-order valence-corrected chi connectivity index (χ1v) is 12.4. The molecule has 0 aliphatic carbocycles. The number of ether oxygens (including phenoxy) is 1. The highest BCUT2D eigenvalue weighted by Gasteiger charge is 2.08. The van der Waals surface area contributed by atoms with E-state index in [1.165, 1.54) is 51.4 Å². The van der Waals surface area contributed by atoms with Gasteiger partial charge in [0.05, 0.1) is 12.4 Å². The summed E-state index contributed by atoms with van der Waals surface area (Å²) in [5, 5.41) is 18.1. The van der Waals surface area contributed by atoms with E-state index in [1.807, 2.05) is 6.92 Å². The molecular weight excluding hydrogens is 376 g/mol. The number of carboxylic acid groups (broad SMARTS) is 1. The molecule has 2 atom stereocenters. The molecule has 0 bridgehead atoms. The average Bonchev–Trinajstić information content (AvgIpc) is 2.73. The highest BCUT2D eigenvalue weighted by atomic mass is 16.5. The van der Waals surface area contributed by atoms with E-state index in [-0.39, 0.29) is 19.1 Å². The van der Waals surface area contributed by atoms with Crippen molar-refractivity contribution >= 4 is 5.97 Å². The smallest absolute Gasteiger partial charge is 0.303 e. The van der Waals surface area contributed by atoms with Gasteiger partial charge < -0.3 is 14.9 Å². The maximum Gasteiger partial charge on any atom is 0.303 e. The quantitative estimate of drug-likeness (QED) is 0.108. The molecule has 2 unspecified atom stereocenters. The highest BCUT2D eigenvalue weighted by Crippen LogP contribution is 2.19. The van der Waals surface area contributed by atoms with Gasteiger partial charge in [0.25, 0.3) is 0 Å². The van der Waals surface area contributed by atoms with Crippen LogP contribution in [0.3, 0.4) is 0 Å². The molecule has 0 aliphatic heterocycles. The van der Waals surface area contributed by atoms with Crippen molar-refractivity contribution in [3.8, 4) is 0 Å². The maximum atomic E-state index is 10.9. The van der Waals surface area contributed by atoms with E-state index in [4.69, 9.17) is 14.9 Å². The number of hydrogen-bond donors (Lipinski definition) is 2. The highest BCUT2D eigenvalue weighted by molar-refractivity contribution is 5.66. The zero-order valence-electron chi connectivity index (χ0n) is 19.7. The van der Waals surface area contributed by atoms with Crippen LogP contribution >= 0.6 is 0 Å². The van der Waals surface area contributed by atoms with Crippen LogP contribution in [0, 0.1) is 5.92 Å². The van der Waals surface area contributed by atoms with Crippen molar-refractivity contribution in [3.63, 3.8) is 0 Å². The monoisotopic (exact) mass is 424 g/mol. The number of rotatable bonds is 22. The number of allylic oxidation sites excluding steroid dienone is 3. The van der Waals surface area contributed by atoms with Crippen molar-refractivity contribution < 1.29 is 19.7 Å². The molecule has 176 valence electrons. The van der Waals surface area contributed by atoms with Crippen LogP contribution in [0.5, 0.6) is 0 Å². The molecule has 0 fully saturated rings. The maximum absolute atomic E-state index is 10.9. The van der Waals surface area contributed by atoms with Gasteiger partial charge in [-0.1, -0.05) is 83.9 Å². The van der Waals surface area contributed by atoms with E-state index in [2.05, 4.69) is 25.7 Å². The van der Waals surface area contributed by atoms with Gasteiger partial charge in [-0.25, -0.2) is 0 Å². The van der Waals surface area contributed by atoms with Gasteiger partial charge in [-0.05, 0) is 44.4 Å². The number of unbranched alkanes of at least 4 members (excludes halogenated alkanes) is 9. The molecule has 4 nitrogen and oxygen atoms in total. The zero-order chi connectivity index (χ0) is 22.5. The molecule has 0 aromatic carbocycles. The second-order valence-corrected chi connectivity index (χ2v) is 8.50. The molecule has 0 spiro atoms. The first-order valence-electron chi connectivity index (χ1n) is 12.4. The zero-order valence-corrected chi connectivity index (χ0v) is 19.7. The summed E-state index contributed by atoms with van der Waals surface area (Å²) in [6.07, 6.45) is 21.6. The molecule has 0 aromatic heterocycles. The van der Waals surface area contributed by atoms with Gasteiger partial charge in [-0.15, -0.1) is 0 Å². The Kier molecular flexibility index (Phi) is 20.1. The van der Waals surface area contributed by atoms with E-state index in [1.54, 1.807) is 0 Å². The molecule has 0 heterocycles. The molecule has 0 aliphatic rings. The summed E-state index contributed by atoms with van der Waals surface area (Å²) in [7, 11) is 0. The lowest BCUT2D eigenvalue weighted by Gasteiger charge is -2.16. The van der Waals surface area contributed by atoms with Crippen LogP contribution in [-0.4, -0.2) is 28.9 Å². The Labute approximate surface area is 185 Å². The summed E-state index contributed by atoms with van der Waals surface area (Å²) < 4.78 is 5.62. The molecule has 0 radical (unpaired) electrons. The third kappa shape index (κ3) is 18.7. The lowest BCUT2D eigenvalue weighted by molar-refractivity contribution is -0.137. The van der Waals surface area contributed by atoms with Crippen molar-refractivity contribution in [1.29, 1.82) is 0 Å². The fourth-order valence-electron chi connectivity index (χ4n) is 3.60. The summed E-state index contributed by atoms with van der Waals surface area (Å²) in [4.78, 5) is 10.9. The van der Waals surface area contributed by atoms with Crippen molar-refractivity contribution in [3.05, 3.63) is 24.5 Å². The van der Waals surface area contributed by atoms with Gasteiger partial charge in [0.15, 0.2) is 0 Å². The van der Waals surface area contributed by atoms with Crippen molar-refractivity contribution in [1.82, 2.24) is 0 Å². The van der Waals surface area contributed by atoms with Crippen LogP contribution < -0.4 is 0 Å². The standard InChI is InChI=1S/C26H48O4/c1-4-6-7-8-12-15-18-24(20-21-26(28)29)19-16-13-10-9-11-14-17-23(3)30-25(5-2)22-27/h16,19,24-25,27H,3-15,17-18,20-22H2,1-2H3,(H,28,29)/b19-16+. The van der Waals surface area contributed by atoms with Crippen molar-refractivity contribution in [2.24, 2.45) is 5.92 Å². The number of aliphatic hydroxyl groups is 1. The van der Waals surface area contributed by atoms with E-state index in [0.717, 1.165) is 50.7 Å². The van der Waals surface area contributed by atoms with Crippen LogP contribution in [-0.2, 0) is 9.53 Å². The lowest BCUT2D eigenvalue weighted by Crippen LogP contribution is -2.15. The number of hydrogen-bond acceptors (Lipinski definition) is 3. The summed E-state index contributed by atoms with van der Waals surface area (Å²) in [6.45, 7) is 8.23. The Hall–Kier alpha value is -1.29. The number of aliphatic hydroxyl groups excluding tert-OH is 1. The van der Waals surface area contributed by atoms with Crippen LogP contribution in [0.2, 0.25) is 0 Å². The summed E-state index contributed by atoms with van der Waals surface area (Å²) in [5.41, 5.74) is 0. The average molecular weight is 425 g/mol. The fraction of sp³-hybridized carbons (Fsp3) is 0.808. The summed E-state index contributed by atoms with van der Waals surface area (Å²) in [5.74, 6) is 0.503. The Balaban J connectivity index is 3.91. The SMILES string of the molecule is C=C(CCCCCC/C=C/C(CCCCCCCC)CCC(=O)O)OC(CC)CO. The second-order valence-electron chi connectivity index (χ2n) is 8.50. The number of carboxylic acids is 1. The minimum Gasteiger partial charge on any atom is -0.493 e. The molecule has 0 saturated heterocycles. The molecular formula is C26H48O4. The van der Waals surface area contributed by atoms with Gasteiger partial charge in [-0.2, -0.15) is 0 Å². The molecule has 0 rings (SSSR count). The normalized spacial score (nSPS) is 13.4. The summed E-state index contributed by atoms with van der Waals surface area (Å²) >= 11 is 0. The van der Waals surface area contributed by atoms with E-state index >= 15 is 0 Å².